The van der Waals surface area contributed by atoms with Crippen LogP contribution in [0.2, 0.25) is 0 Å². The van der Waals surface area contributed by atoms with E-state index in [1.165, 1.54) is 12.1 Å². The quantitative estimate of drug-likeness (QED) is 0.710. The second-order valence-corrected chi connectivity index (χ2v) is 5.26. The standard InChI is InChI=1S/C15H18F3N3O3/c16-15(17,18)10-3-5-11(6-4-10)24-9-8-20-14(23)21-12-2-1-7-19-13(12)22/h3-6,12H,1-2,7-9H2,(H,19,22)(H2,20,21,23). The first-order valence-electron chi connectivity index (χ1n) is 7.48. The Kier molecular flexibility index (Phi) is 5.88. The molecular formula is C15H18F3N3O3. The highest BCUT2D eigenvalue weighted by Crippen LogP contribution is 2.30. The Morgan fingerprint density at radius 2 is 2.00 bits per heavy atom. The van der Waals surface area contributed by atoms with E-state index in [9.17, 15) is 22.8 Å². The van der Waals surface area contributed by atoms with Crippen molar-refractivity contribution in [3.8, 4) is 5.75 Å². The molecule has 0 bridgehead atoms. The van der Waals surface area contributed by atoms with E-state index < -0.39 is 23.8 Å². The van der Waals surface area contributed by atoms with Crippen molar-refractivity contribution in [1.82, 2.24) is 16.0 Å². The zero-order chi connectivity index (χ0) is 17.6. The maximum absolute atomic E-state index is 12.4. The first-order valence-corrected chi connectivity index (χ1v) is 7.48. The number of piperidine rings is 1. The number of carbonyl (C=O) groups excluding carboxylic acids is 2. The van der Waals surface area contributed by atoms with Crippen molar-refractivity contribution in [2.45, 2.75) is 25.1 Å². The van der Waals surface area contributed by atoms with Crippen LogP contribution in [0, 0.1) is 0 Å². The second kappa shape index (κ2) is 7.89. The number of hydrogen-bond donors (Lipinski definition) is 3. The normalized spacial score (nSPS) is 17.8. The third-order valence-electron chi connectivity index (χ3n) is 3.43. The van der Waals surface area contributed by atoms with Gasteiger partial charge in [-0.2, -0.15) is 13.2 Å². The molecule has 1 aliphatic heterocycles. The Hall–Kier alpha value is -2.45. The van der Waals surface area contributed by atoms with E-state index in [0.29, 0.717) is 13.0 Å². The molecule has 1 unspecified atom stereocenters. The van der Waals surface area contributed by atoms with E-state index in [1.54, 1.807) is 0 Å². The van der Waals surface area contributed by atoms with Crippen LogP contribution in [0.1, 0.15) is 18.4 Å². The van der Waals surface area contributed by atoms with Gasteiger partial charge in [-0.3, -0.25) is 4.79 Å². The van der Waals surface area contributed by atoms with Crippen LogP contribution >= 0.6 is 0 Å². The van der Waals surface area contributed by atoms with Crippen LogP contribution in [-0.4, -0.2) is 37.7 Å². The highest BCUT2D eigenvalue weighted by Gasteiger charge is 2.30. The maximum Gasteiger partial charge on any atom is 0.416 e. The summed E-state index contributed by atoms with van der Waals surface area (Å²) in [4.78, 5) is 23.1. The van der Waals surface area contributed by atoms with Crippen LogP contribution in [0.5, 0.6) is 5.75 Å². The summed E-state index contributed by atoms with van der Waals surface area (Å²) >= 11 is 0. The SMILES string of the molecule is O=C(NCCOc1ccc(C(F)(F)F)cc1)NC1CCCNC1=O. The molecule has 1 aromatic carbocycles. The lowest BCUT2D eigenvalue weighted by atomic mass is 10.1. The lowest BCUT2D eigenvalue weighted by Crippen LogP contribution is -2.53. The third-order valence-corrected chi connectivity index (χ3v) is 3.43. The van der Waals surface area contributed by atoms with Gasteiger partial charge in [0, 0.05) is 6.54 Å². The molecule has 3 N–H and O–H groups in total. The van der Waals surface area contributed by atoms with Crippen LogP contribution < -0.4 is 20.7 Å². The van der Waals surface area contributed by atoms with Gasteiger partial charge in [-0.1, -0.05) is 0 Å². The first kappa shape index (κ1) is 17.9. The van der Waals surface area contributed by atoms with Crippen LogP contribution in [0.4, 0.5) is 18.0 Å². The zero-order valence-corrected chi connectivity index (χ0v) is 12.8. The molecule has 24 heavy (non-hydrogen) atoms. The van der Waals surface area contributed by atoms with Gasteiger partial charge in [0.25, 0.3) is 0 Å². The number of carbonyl (C=O) groups is 2. The van der Waals surface area contributed by atoms with E-state index >= 15 is 0 Å². The van der Waals surface area contributed by atoms with Crippen LogP contribution in [0.25, 0.3) is 0 Å². The monoisotopic (exact) mass is 345 g/mol. The summed E-state index contributed by atoms with van der Waals surface area (Å²) in [7, 11) is 0. The molecular weight excluding hydrogens is 327 g/mol. The molecule has 9 heteroatoms. The number of hydrogen-bond acceptors (Lipinski definition) is 3. The Morgan fingerprint density at radius 1 is 1.29 bits per heavy atom. The van der Waals surface area contributed by atoms with Crippen molar-refractivity contribution < 1.29 is 27.5 Å². The summed E-state index contributed by atoms with van der Waals surface area (Å²) < 4.78 is 42.5. The number of urea groups is 1. The summed E-state index contributed by atoms with van der Waals surface area (Å²) in [6.45, 7) is 0.858. The van der Waals surface area contributed by atoms with Crippen LogP contribution in [0.15, 0.2) is 24.3 Å². The molecule has 3 amide bonds. The zero-order valence-electron chi connectivity index (χ0n) is 12.8. The van der Waals surface area contributed by atoms with Gasteiger partial charge in [-0.15, -0.1) is 0 Å². The van der Waals surface area contributed by atoms with Gasteiger partial charge in [0.1, 0.15) is 18.4 Å². The fraction of sp³-hybridized carbons (Fsp3) is 0.467. The highest BCUT2D eigenvalue weighted by atomic mass is 19.4. The Bertz CT molecular complexity index is 576. The molecule has 0 saturated carbocycles. The summed E-state index contributed by atoms with van der Waals surface area (Å²) in [5.41, 5.74) is -0.752. The van der Waals surface area contributed by atoms with Crippen molar-refractivity contribution in [1.29, 1.82) is 0 Å². The molecule has 132 valence electrons. The number of nitrogens with one attached hydrogen (secondary N) is 3. The smallest absolute Gasteiger partial charge is 0.416 e. The minimum atomic E-state index is -4.39. The van der Waals surface area contributed by atoms with Crippen molar-refractivity contribution in [2.24, 2.45) is 0 Å². The lowest BCUT2D eigenvalue weighted by Gasteiger charge is -2.22. The number of benzene rings is 1. The van der Waals surface area contributed by atoms with Gasteiger partial charge in [0.15, 0.2) is 0 Å². The van der Waals surface area contributed by atoms with Crippen molar-refractivity contribution in [2.75, 3.05) is 19.7 Å². The molecule has 0 aromatic heterocycles. The van der Waals surface area contributed by atoms with Crippen molar-refractivity contribution in [3.05, 3.63) is 29.8 Å². The number of amides is 3. The molecule has 1 aliphatic rings. The summed E-state index contributed by atoms with van der Waals surface area (Å²) in [5.74, 6) is 0.0641. The van der Waals surface area contributed by atoms with Crippen molar-refractivity contribution >= 4 is 11.9 Å². The lowest BCUT2D eigenvalue weighted by molar-refractivity contribution is -0.137. The number of rotatable bonds is 5. The van der Waals surface area contributed by atoms with Gasteiger partial charge in [-0.25, -0.2) is 4.79 Å². The van der Waals surface area contributed by atoms with E-state index in [1.807, 2.05) is 0 Å². The molecule has 1 aromatic rings. The first-order chi connectivity index (χ1) is 11.4. The summed E-state index contributed by atoms with van der Waals surface area (Å²) in [6, 6.07) is 3.25. The minimum Gasteiger partial charge on any atom is -0.492 e. The molecule has 0 spiro atoms. The molecule has 2 rings (SSSR count). The van der Waals surface area contributed by atoms with E-state index in [-0.39, 0.29) is 24.8 Å². The predicted molar refractivity (Wildman–Crippen MR) is 79.5 cm³/mol. The number of halogens is 3. The fourth-order valence-electron chi connectivity index (χ4n) is 2.19. The van der Waals surface area contributed by atoms with E-state index in [0.717, 1.165) is 18.6 Å². The maximum atomic E-state index is 12.4. The molecule has 0 aliphatic carbocycles. The highest BCUT2D eigenvalue weighted by molar-refractivity contribution is 5.87. The molecule has 6 nitrogen and oxygen atoms in total. The average molecular weight is 345 g/mol. The van der Waals surface area contributed by atoms with Crippen molar-refractivity contribution in [3.63, 3.8) is 0 Å². The van der Waals surface area contributed by atoms with Crippen LogP contribution in [-0.2, 0) is 11.0 Å². The minimum absolute atomic E-state index is 0.0929. The predicted octanol–water partition coefficient (Wildman–Crippen LogP) is 1.66. The van der Waals surface area contributed by atoms with Gasteiger partial charge >= 0.3 is 12.2 Å². The summed E-state index contributed by atoms with van der Waals surface area (Å²) in [5, 5.41) is 7.73. The second-order valence-electron chi connectivity index (χ2n) is 5.26. The molecule has 0 radical (unpaired) electrons. The largest absolute Gasteiger partial charge is 0.492 e. The average Bonchev–Trinajstić information content (AvgIpc) is 2.53. The van der Waals surface area contributed by atoms with Crippen LogP contribution in [0.3, 0.4) is 0 Å². The number of alkyl halides is 3. The Labute approximate surface area is 136 Å². The van der Waals surface area contributed by atoms with Gasteiger partial charge in [0.2, 0.25) is 5.91 Å². The molecule has 1 heterocycles. The molecule has 1 fully saturated rings. The van der Waals surface area contributed by atoms with Gasteiger partial charge in [0.05, 0.1) is 12.1 Å². The number of ether oxygens (including phenoxy) is 1. The third kappa shape index (κ3) is 5.32. The van der Waals surface area contributed by atoms with Gasteiger partial charge in [-0.05, 0) is 37.1 Å². The molecule has 1 saturated heterocycles. The fourth-order valence-corrected chi connectivity index (χ4v) is 2.19. The summed E-state index contributed by atoms with van der Waals surface area (Å²) in [6.07, 6.45) is -3.00. The van der Waals surface area contributed by atoms with E-state index in [4.69, 9.17) is 4.74 Å². The topological polar surface area (TPSA) is 79.5 Å². The Balaban J connectivity index is 1.67. The van der Waals surface area contributed by atoms with Gasteiger partial charge < -0.3 is 20.7 Å². The molecule has 1 atom stereocenters. The Morgan fingerprint density at radius 3 is 2.62 bits per heavy atom. The van der Waals surface area contributed by atoms with E-state index in [2.05, 4.69) is 16.0 Å².